The molecule has 1 atom stereocenters. The number of hydrogen-bond donors (Lipinski definition) is 0. The van der Waals surface area contributed by atoms with E-state index in [1.165, 1.54) is 58.2 Å². The van der Waals surface area contributed by atoms with Crippen molar-refractivity contribution in [3.8, 4) is 0 Å². The molecule has 20 heavy (non-hydrogen) atoms. The molecule has 3 aliphatic rings. The van der Waals surface area contributed by atoms with Crippen molar-refractivity contribution in [1.82, 2.24) is 9.80 Å². The first kappa shape index (κ1) is 14.1. The Hall–Kier alpha value is -0.830. The van der Waals surface area contributed by atoms with Crippen molar-refractivity contribution in [3.05, 3.63) is 11.6 Å². The maximum Gasteiger partial charge on any atom is 0.222 e. The van der Waals surface area contributed by atoms with Crippen LogP contribution in [-0.4, -0.2) is 48.4 Å². The van der Waals surface area contributed by atoms with Gasteiger partial charge in [0.15, 0.2) is 0 Å². The molecule has 0 spiro atoms. The lowest BCUT2D eigenvalue weighted by Crippen LogP contribution is -2.42. The molecule has 1 aliphatic carbocycles. The van der Waals surface area contributed by atoms with Crippen LogP contribution in [0.4, 0.5) is 0 Å². The highest BCUT2D eigenvalue weighted by Gasteiger charge is 2.26. The minimum absolute atomic E-state index is 0.386. The largest absolute Gasteiger partial charge is 0.342 e. The molecule has 112 valence electrons. The van der Waals surface area contributed by atoms with Crippen molar-refractivity contribution in [3.63, 3.8) is 0 Å². The van der Waals surface area contributed by atoms with Crippen LogP contribution in [-0.2, 0) is 4.79 Å². The van der Waals surface area contributed by atoms with E-state index in [0.717, 1.165) is 25.9 Å². The van der Waals surface area contributed by atoms with Gasteiger partial charge >= 0.3 is 0 Å². The monoisotopic (exact) mass is 276 g/mol. The third-order valence-corrected chi connectivity index (χ3v) is 5.06. The van der Waals surface area contributed by atoms with E-state index in [-0.39, 0.29) is 0 Å². The van der Waals surface area contributed by atoms with Crippen LogP contribution >= 0.6 is 0 Å². The molecule has 0 N–H and O–H groups in total. The summed E-state index contributed by atoms with van der Waals surface area (Å²) in [6.07, 6.45) is 12.3. The number of amides is 1. The molecule has 0 aromatic heterocycles. The highest BCUT2D eigenvalue weighted by Crippen LogP contribution is 2.23. The molecule has 0 aromatic carbocycles. The fourth-order valence-corrected chi connectivity index (χ4v) is 3.99. The van der Waals surface area contributed by atoms with E-state index in [2.05, 4.69) is 15.9 Å². The van der Waals surface area contributed by atoms with Crippen LogP contribution < -0.4 is 0 Å². The van der Waals surface area contributed by atoms with Crippen LogP contribution in [0.1, 0.15) is 51.4 Å². The van der Waals surface area contributed by atoms with Crippen molar-refractivity contribution >= 4 is 5.91 Å². The van der Waals surface area contributed by atoms with Crippen molar-refractivity contribution in [1.29, 1.82) is 0 Å². The van der Waals surface area contributed by atoms with Gasteiger partial charge in [0.2, 0.25) is 5.91 Å². The minimum Gasteiger partial charge on any atom is -0.342 e. The van der Waals surface area contributed by atoms with Crippen molar-refractivity contribution in [2.24, 2.45) is 5.92 Å². The van der Waals surface area contributed by atoms with Crippen LogP contribution in [0.2, 0.25) is 0 Å². The second-order valence-corrected chi connectivity index (χ2v) is 6.79. The van der Waals surface area contributed by atoms with E-state index in [4.69, 9.17) is 0 Å². The molecule has 2 saturated heterocycles. The van der Waals surface area contributed by atoms with Gasteiger partial charge < -0.3 is 4.90 Å². The Labute approximate surface area is 123 Å². The molecule has 0 unspecified atom stereocenters. The summed E-state index contributed by atoms with van der Waals surface area (Å²) in [6.45, 7) is 5.64. The zero-order chi connectivity index (χ0) is 13.8. The molecule has 3 heteroatoms. The number of rotatable bonds is 4. The lowest BCUT2D eigenvalue weighted by molar-refractivity contribution is -0.128. The summed E-state index contributed by atoms with van der Waals surface area (Å²) in [5, 5.41) is 0. The first-order valence-electron chi connectivity index (χ1n) is 8.49. The third kappa shape index (κ3) is 3.63. The minimum atomic E-state index is 0.386. The normalized spacial score (nSPS) is 28.8. The van der Waals surface area contributed by atoms with E-state index in [9.17, 15) is 4.79 Å². The summed E-state index contributed by atoms with van der Waals surface area (Å²) < 4.78 is 0. The van der Waals surface area contributed by atoms with Crippen LogP contribution in [0.15, 0.2) is 11.6 Å². The maximum absolute atomic E-state index is 11.7. The van der Waals surface area contributed by atoms with Gasteiger partial charge in [0, 0.05) is 32.6 Å². The lowest BCUT2D eigenvalue weighted by Gasteiger charge is -2.35. The van der Waals surface area contributed by atoms with Gasteiger partial charge in [-0.3, -0.25) is 9.69 Å². The Morgan fingerprint density at radius 1 is 1.10 bits per heavy atom. The van der Waals surface area contributed by atoms with Crippen molar-refractivity contribution in [2.45, 2.75) is 51.4 Å². The van der Waals surface area contributed by atoms with Gasteiger partial charge in [0.25, 0.3) is 0 Å². The second-order valence-electron chi connectivity index (χ2n) is 6.79. The summed E-state index contributed by atoms with van der Waals surface area (Å²) in [6, 6.07) is 0. The fourth-order valence-electron chi connectivity index (χ4n) is 3.99. The zero-order valence-corrected chi connectivity index (χ0v) is 12.6. The van der Waals surface area contributed by atoms with E-state index < -0.39 is 0 Å². The number of nitrogens with zero attached hydrogens (tertiary/aromatic N) is 2. The van der Waals surface area contributed by atoms with Crippen LogP contribution in [0.25, 0.3) is 0 Å². The molecule has 0 radical (unpaired) electrons. The van der Waals surface area contributed by atoms with Gasteiger partial charge in [-0.05, 0) is 57.4 Å². The highest BCUT2D eigenvalue weighted by molar-refractivity contribution is 5.78. The molecule has 0 aromatic rings. The Bertz CT molecular complexity index is 377. The predicted molar refractivity (Wildman–Crippen MR) is 81.5 cm³/mol. The van der Waals surface area contributed by atoms with Gasteiger partial charge in [-0.1, -0.05) is 11.6 Å². The number of likely N-dealkylation sites (tertiary alicyclic amines) is 2. The highest BCUT2D eigenvalue weighted by atomic mass is 16.2. The van der Waals surface area contributed by atoms with E-state index >= 15 is 0 Å². The summed E-state index contributed by atoms with van der Waals surface area (Å²) in [7, 11) is 0. The SMILES string of the molecule is O=C1CCCN1C[C@@H]1CCCN(CC2=CCCCC2)C1. The molecule has 1 amide bonds. The van der Waals surface area contributed by atoms with Crippen molar-refractivity contribution < 1.29 is 4.79 Å². The van der Waals surface area contributed by atoms with Gasteiger partial charge in [-0.15, -0.1) is 0 Å². The number of hydrogen-bond acceptors (Lipinski definition) is 2. The summed E-state index contributed by atoms with van der Waals surface area (Å²) in [5.41, 5.74) is 1.66. The molecule has 3 rings (SSSR count). The topological polar surface area (TPSA) is 23.6 Å². The van der Waals surface area contributed by atoms with E-state index in [1.54, 1.807) is 5.57 Å². The predicted octanol–water partition coefficient (Wildman–Crippen LogP) is 2.82. The van der Waals surface area contributed by atoms with Crippen LogP contribution in [0.5, 0.6) is 0 Å². The third-order valence-electron chi connectivity index (χ3n) is 5.06. The zero-order valence-electron chi connectivity index (χ0n) is 12.6. The smallest absolute Gasteiger partial charge is 0.222 e. The Kier molecular flexibility index (Phi) is 4.77. The summed E-state index contributed by atoms with van der Waals surface area (Å²) in [5.74, 6) is 1.09. The molecular weight excluding hydrogens is 248 g/mol. The Morgan fingerprint density at radius 3 is 2.80 bits per heavy atom. The molecular formula is C17H28N2O. The lowest BCUT2D eigenvalue weighted by atomic mass is 9.95. The average Bonchev–Trinajstić information content (AvgIpc) is 2.86. The number of allylic oxidation sites excluding steroid dienone is 1. The van der Waals surface area contributed by atoms with E-state index in [1.807, 2.05) is 0 Å². The van der Waals surface area contributed by atoms with Crippen LogP contribution in [0.3, 0.4) is 0 Å². The van der Waals surface area contributed by atoms with Crippen LogP contribution in [0, 0.1) is 5.92 Å². The first-order chi connectivity index (χ1) is 9.81. The number of carbonyl (C=O) groups is 1. The molecule has 0 saturated carbocycles. The summed E-state index contributed by atoms with van der Waals surface area (Å²) >= 11 is 0. The Morgan fingerprint density at radius 2 is 2.05 bits per heavy atom. The molecule has 2 aliphatic heterocycles. The number of piperidine rings is 1. The van der Waals surface area contributed by atoms with Gasteiger partial charge in [-0.2, -0.15) is 0 Å². The standard InChI is InChI=1S/C17H28N2O/c20-17-9-5-11-19(17)14-16-8-4-10-18(13-16)12-15-6-2-1-3-7-15/h6,16H,1-5,7-14H2/t16-/m1/s1. The van der Waals surface area contributed by atoms with Gasteiger partial charge in [-0.25, -0.2) is 0 Å². The molecule has 3 nitrogen and oxygen atoms in total. The molecule has 2 fully saturated rings. The number of carbonyl (C=O) groups excluding carboxylic acids is 1. The second kappa shape index (κ2) is 6.75. The van der Waals surface area contributed by atoms with E-state index in [0.29, 0.717) is 11.8 Å². The van der Waals surface area contributed by atoms with Gasteiger partial charge in [0.1, 0.15) is 0 Å². The fraction of sp³-hybridized carbons (Fsp3) is 0.824. The average molecular weight is 276 g/mol. The first-order valence-corrected chi connectivity index (χ1v) is 8.49. The van der Waals surface area contributed by atoms with Crippen molar-refractivity contribution in [2.75, 3.05) is 32.7 Å². The van der Waals surface area contributed by atoms with Gasteiger partial charge in [0.05, 0.1) is 0 Å². The summed E-state index contributed by atoms with van der Waals surface area (Å²) in [4.78, 5) is 16.5. The quantitative estimate of drug-likeness (QED) is 0.737. The molecule has 2 heterocycles. The molecule has 0 bridgehead atoms. The Balaban J connectivity index is 1.48. The maximum atomic E-state index is 11.7.